The molecule has 0 aliphatic carbocycles. The van der Waals surface area contributed by atoms with Gasteiger partial charge in [0.1, 0.15) is 5.82 Å². The van der Waals surface area contributed by atoms with Gasteiger partial charge in [0.25, 0.3) is 5.91 Å². The monoisotopic (exact) mass is 283 g/mol. The van der Waals surface area contributed by atoms with Crippen molar-refractivity contribution in [2.24, 2.45) is 0 Å². The van der Waals surface area contributed by atoms with Gasteiger partial charge in [-0.05, 0) is 12.1 Å². The summed E-state index contributed by atoms with van der Waals surface area (Å²) in [5.74, 6) is -2.48. The maximum absolute atomic E-state index is 13.8. The lowest BCUT2D eigenvalue weighted by atomic mass is 10.1. The summed E-state index contributed by atoms with van der Waals surface area (Å²) in [4.78, 5) is 13.4. The van der Waals surface area contributed by atoms with Crippen molar-refractivity contribution in [3.63, 3.8) is 0 Å². The van der Waals surface area contributed by atoms with Crippen LogP contribution >= 0.6 is 0 Å². The number of ether oxygens (including phenoxy) is 1. The molecule has 0 fully saturated rings. The summed E-state index contributed by atoms with van der Waals surface area (Å²) >= 11 is 0. The van der Waals surface area contributed by atoms with E-state index >= 15 is 0 Å². The molecule has 1 amide bonds. The van der Waals surface area contributed by atoms with Gasteiger partial charge in [-0.2, -0.15) is 5.26 Å². The number of nitriles is 1. The minimum Gasteiger partial charge on any atom is -0.396 e. The number of carbonyl (C=O) groups is 1. The fourth-order valence-electron chi connectivity index (χ4n) is 1.64. The van der Waals surface area contributed by atoms with Crippen molar-refractivity contribution in [3.05, 3.63) is 29.3 Å². The Bertz CT molecular complexity index is 529. The Labute approximate surface area is 115 Å². The Morgan fingerprint density at radius 3 is 2.75 bits per heavy atom. The lowest BCUT2D eigenvalue weighted by Crippen LogP contribution is -2.35. The largest absolute Gasteiger partial charge is 0.396 e. The topological polar surface area (TPSA) is 79.3 Å². The molecule has 0 atom stereocenters. The molecule has 0 bridgehead atoms. The predicted octanol–water partition coefficient (Wildman–Crippen LogP) is 1.55. The second kappa shape index (κ2) is 7.40. The number of nitrogen functional groups attached to an aromatic ring is 1. The molecule has 0 saturated heterocycles. The van der Waals surface area contributed by atoms with Gasteiger partial charge in [-0.3, -0.25) is 4.79 Å². The van der Waals surface area contributed by atoms with Gasteiger partial charge in [0.15, 0.2) is 5.82 Å². The number of carbonyl (C=O) groups excluding carboxylic acids is 1. The summed E-state index contributed by atoms with van der Waals surface area (Å²) in [5, 5.41) is 8.56. The van der Waals surface area contributed by atoms with E-state index < -0.39 is 28.8 Å². The Balaban J connectivity index is 3.02. The van der Waals surface area contributed by atoms with Crippen molar-refractivity contribution in [2.75, 3.05) is 32.5 Å². The fraction of sp³-hybridized carbons (Fsp3) is 0.385. The molecule has 1 rings (SSSR count). The standard InChI is InChI=1S/C13H15F2N3O2/c1-20-6-5-18(4-2-3-16)13(19)10-7-9(14)8-11(17)12(10)15/h7-8H,2,4-6,17H2,1H3. The van der Waals surface area contributed by atoms with Crippen LogP contribution in [0.5, 0.6) is 0 Å². The van der Waals surface area contributed by atoms with Crippen LogP contribution in [-0.2, 0) is 4.74 Å². The van der Waals surface area contributed by atoms with E-state index in [2.05, 4.69) is 0 Å². The van der Waals surface area contributed by atoms with Crippen molar-refractivity contribution in [2.45, 2.75) is 6.42 Å². The maximum Gasteiger partial charge on any atom is 0.257 e. The van der Waals surface area contributed by atoms with Gasteiger partial charge in [0.05, 0.1) is 30.3 Å². The first-order chi connectivity index (χ1) is 9.51. The van der Waals surface area contributed by atoms with Crippen LogP contribution in [0.1, 0.15) is 16.8 Å². The van der Waals surface area contributed by atoms with Crippen LogP contribution in [0.2, 0.25) is 0 Å². The van der Waals surface area contributed by atoms with Crippen LogP contribution in [0, 0.1) is 23.0 Å². The highest BCUT2D eigenvalue weighted by Crippen LogP contribution is 2.19. The number of rotatable bonds is 6. The molecule has 0 heterocycles. The normalized spacial score (nSPS) is 10.1. The number of amides is 1. The van der Waals surface area contributed by atoms with E-state index in [1.54, 1.807) is 0 Å². The number of methoxy groups -OCH3 is 1. The van der Waals surface area contributed by atoms with Crippen LogP contribution in [0.15, 0.2) is 12.1 Å². The van der Waals surface area contributed by atoms with Gasteiger partial charge in [-0.1, -0.05) is 0 Å². The number of hydrogen-bond donors (Lipinski definition) is 1. The van der Waals surface area contributed by atoms with Crippen LogP contribution in [0.3, 0.4) is 0 Å². The van der Waals surface area contributed by atoms with Crippen molar-refractivity contribution < 1.29 is 18.3 Å². The molecule has 0 saturated carbocycles. The predicted molar refractivity (Wildman–Crippen MR) is 68.8 cm³/mol. The molecule has 0 aliphatic rings. The van der Waals surface area contributed by atoms with Gasteiger partial charge < -0.3 is 15.4 Å². The zero-order chi connectivity index (χ0) is 15.1. The summed E-state index contributed by atoms with van der Waals surface area (Å²) in [5.41, 5.74) is 4.42. The average molecular weight is 283 g/mol. The smallest absolute Gasteiger partial charge is 0.257 e. The van der Waals surface area contributed by atoms with Crippen molar-refractivity contribution in [1.82, 2.24) is 4.90 Å². The van der Waals surface area contributed by atoms with Crippen LogP contribution < -0.4 is 5.73 Å². The second-order valence-corrected chi connectivity index (χ2v) is 4.05. The van der Waals surface area contributed by atoms with Crippen molar-refractivity contribution >= 4 is 11.6 Å². The third-order valence-electron chi connectivity index (χ3n) is 2.64. The molecule has 0 spiro atoms. The molecule has 5 nitrogen and oxygen atoms in total. The van der Waals surface area contributed by atoms with E-state index in [0.29, 0.717) is 0 Å². The third-order valence-corrected chi connectivity index (χ3v) is 2.64. The lowest BCUT2D eigenvalue weighted by molar-refractivity contribution is 0.0695. The first-order valence-corrected chi connectivity index (χ1v) is 5.91. The molecule has 1 aromatic carbocycles. The van der Waals surface area contributed by atoms with E-state index in [1.807, 2.05) is 6.07 Å². The number of benzene rings is 1. The Kier molecular flexibility index (Phi) is 5.87. The summed E-state index contributed by atoms with van der Waals surface area (Å²) in [6, 6.07) is 3.49. The van der Waals surface area contributed by atoms with E-state index in [9.17, 15) is 13.6 Å². The summed E-state index contributed by atoms with van der Waals surface area (Å²) < 4.78 is 31.9. The van der Waals surface area contributed by atoms with E-state index in [-0.39, 0.29) is 26.1 Å². The van der Waals surface area contributed by atoms with Gasteiger partial charge >= 0.3 is 0 Å². The zero-order valence-electron chi connectivity index (χ0n) is 11.0. The first kappa shape index (κ1) is 15.9. The fourth-order valence-corrected chi connectivity index (χ4v) is 1.64. The van der Waals surface area contributed by atoms with E-state index in [4.69, 9.17) is 15.7 Å². The minimum atomic E-state index is -0.962. The third kappa shape index (κ3) is 3.90. The maximum atomic E-state index is 13.8. The van der Waals surface area contributed by atoms with Crippen molar-refractivity contribution in [3.8, 4) is 6.07 Å². The number of halogens is 2. The molecule has 108 valence electrons. The zero-order valence-corrected chi connectivity index (χ0v) is 11.0. The summed E-state index contributed by atoms with van der Waals surface area (Å²) in [6.45, 7) is 0.505. The summed E-state index contributed by atoms with van der Waals surface area (Å²) in [7, 11) is 1.45. The number of hydrogen-bond acceptors (Lipinski definition) is 4. The van der Waals surface area contributed by atoms with Gasteiger partial charge in [0, 0.05) is 20.2 Å². The van der Waals surface area contributed by atoms with Crippen molar-refractivity contribution in [1.29, 1.82) is 5.26 Å². The molecule has 20 heavy (non-hydrogen) atoms. The molecule has 0 radical (unpaired) electrons. The van der Waals surface area contributed by atoms with Gasteiger partial charge in [-0.15, -0.1) is 0 Å². The Morgan fingerprint density at radius 1 is 1.45 bits per heavy atom. The average Bonchev–Trinajstić information content (AvgIpc) is 2.42. The van der Waals surface area contributed by atoms with E-state index in [1.165, 1.54) is 12.0 Å². The Morgan fingerprint density at radius 2 is 2.15 bits per heavy atom. The second-order valence-electron chi connectivity index (χ2n) is 4.05. The number of anilines is 1. The molecule has 0 unspecified atom stereocenters. The molecular formula is C13H15F2N3O2. The molecule has 1 aromatic rings. The molecule has 0 aromatic heterocycles. The lowest BCUT2D eigenvalue weighted by Gasteiger charge is -2.21. The highest BCUT2D eigenvalue weighted by Gasteiger charge is 2.21. The highest BCUT2D eigenvalue weighted by molar-refractivity contribution is 5.95. The van der Waals surface area contributed by atoms with Crippen LogP contribution in [0.4, 0.5) is 14.5 Å². The molecular weight excluding hydrogens is 268 g/mol. The molecule has 0 aliphatic heterocycles. The minimum absolute atomic E-state index is 0.0852. The number of nitrogens with two attached hydrogens (primary N) is 1. The molecule has 2 N–H and O–H groups in total. The van der Waals surface area contributed by atoms with Crippen LogP contribution in [-0.4, -0.2) is 37.6 Å². The van der Waals surface area contributed by atoms with E-state index in [0.717, 1.165) is 12.1 Å². The quantitative estimate of drug-likeness (QED) is 0.803. The Hall–Kier alpha value is -2.20. The van der Waals surface area contributed by atoms with Gasteiger partial charge in [-0.25, -0.2) is 8.78 Å². The first-order valence-electron chi connectivity index (χ1n) is 5.91. The van der Waals surface area contributed by atoms with Crippen LogP contribution in [0.25, 0.3) is 0 Å². The summed E-state index contributed by atoms with van der Waals surface area (Å²) in [6.07, 6.45) is 0.0852. The molecule has 7 heteroatoms. The SMILES string of the molecule is COCCN(CCC#N)C(=O)c1cc(F)cc(N)c1F. The highest BCUT2D eigenvalue weighted by atomic mass is 19.1. The number of nitrogens with zero attached hydrogens (tertiary/aromatic N) is 2. The van der Waals surface area contributed by atoms with Gasteiger partial charge in [0.2, 0.25) is 0 Å².